The fourth-order valence-corrected chi connectivity index (χ4v) is 1.61. The SMILES string of the molecule is C=C/C=C\C=C(/C=C)c1ccsc1.CC.CC. The minimum absolute atomic E-state index is 1.14. The van der Waals surface area contributed by atoms with Gasteiger partial charge in [0.1, 0.15) is 0 Å². The third-order valence-corrected chi connectivity index (χ3v) is 2.28. The van der Waals surface area contributed by atoms with Gasteiger partial charge in [-0.05, 0) is 28.0 Å². The normalized spacial score (nSPS) is 9.76. The summed E-state index contributed by atoms with van der Waals surface area (Å²) in [5.41, 5.74) is 2.35. The van der Waals surface area contributed by atoms with Crippen LogP contribution in [-0.2, 0) is 0 Å². The lowest BCUT2D eigenvalue weighted by Gasteiger charge is -1.94. The summed E-state index contributed by atoms with van der Waals surface area (Å²) in [7, 11) is 0. The highest BCUT2D eigenvalue weighted by Crippen LogP contribution is 2.18. The smallest absolute Gasteiger partial charge is 0.00147 e. The van der Waals surface area contributed by atoms with Gasteiger partial charge in [0.25, 0.3) is 0 Å². The van der Waals surface area contributed by atoms with Gasteiger partial charge in [-0.3, -0.25) is 0 Å². The summed E-state index contributed by atoms with van der Waals surface area (Å²) >= 11 is 1.69. The molecule has 1 heteroatoms. The van der Waals surface area contributed by atoms with Crippen molar-refractivity contribution in [2.24, 2.45) is 0 Å². The Bertz CT molecular complexity index is 326. The molecule has 0 saturated carbocycles. The van der Waals surface area contributed by atoms with Crippen molar-refractivity contribution < 1.29 is 0 Å². The molecule has 0 aliphatic carbocycles. The van der Waals surface area contributed by atoms with Crippen LogP contribution in [0.3, 0.4) is 0 Å². The van der Waals surface area contributed by atoms with E-state index in [1.54, 1.807) is 17.4 Å². The van der Waals surface area contributed by atoms with Gasteiger partial charge < -0.3 is 0 Å². The lowest BCUT2D eigenvalue weighted by Crippen LogP contribution is -1.72. The molecule has 0 aliphatic heterocycles. The summed E-state index contributed by atoms with van der Waals surface area (Å²) in [5, 5.41) is 4.17. The Balaban J connectivity index is 0. The molecule has 0 N–H and O–H groups in total. The van der Waals surface area contributed by atoms with Crippen LogP contribution < -0.4 is 0 Å². The van der Waals surface area contributed by atoms with Gasteiger partial charge in [0, 0.05) is 0 Å². The minimum atomic E-state index is 1.14. The van der Waals surface area contributed by atoms with Gasteiger partial charge in [0.15, 0.2) is 0 Å². The average Bonchev–Trinajstić information content (AvgIpc) is 2.93. The Kier molecular flexibility index (Phi) is 15.6. The Hall–Kier alpha value is -1.34. The van der Waals surface area contributed by atoms with Gasteiger partial charge >= 0.3 is 0 Å². The molecule has 0 spiro atoms. The zero-order chi connectivity index (χ0) is 13.5. The van der Waals surface area contributed by atoms with Gasteiger partial charge in [0.2, 0.25) is 0 Å². The van der Waals surface area contributed by atoms with Gasteiger partial charge in [-0.2, -0.15) is 11.3 Å². The molecule has 1 aromatic rings. The number of rotatable bonds is 4. The van der Waals surface area contributed by atoms with Gasteiger partial charge in [-0.25, -0.2) is 0 Å². The van der Waals surface area contributed by atoms with Crippen molar-refractivity contribution >= 4 is 16.9 Å². The molecule has 1 heterocycles. The Morgan fingerprint density at radius 3 is 2.18 bits per heavy atom. The monoisotopic (exact) mass is 248 g/mol. The summed E-state index contributed by atoms with van der Waals surface area (Å²) < 4.78 is 0. The van der Waals surface area contributed by atoms with E-state index in [-0.39, 0.29) is 0 Å². The zero-order valence-electron chi connectivity index (χ0n) is 11.4. The van der Waals surface area contributed by atoms with E-state index in [2.05, 4.69) is 30.0 Å². The first kappa shape index (κ1) is 18.0. The molecule has 0 aliphatic rings. The summed E-state index contributed by atoms with van der Waals surface area (Å²) in [6.07, 6.45) is 9.49. The molecule has 0 fully saturated rings. The molecule has 1 aromatic heterocycles. The van der Waals surface area contributed by atoms with E-state index in [1.165, 1.54) is 5.56 Å². The predicted octanol–water partition coefficient (Wildman–Crippen LogP) is 6.11. The van der Waals surface area contributed by atoms with Crippen LogP contribution in [0.1, 0.15) is 33.3 Å². The molecule has 0 radical (unpaired) electrons. The van der Waals surface area contributed by atoms with Crippen molar-refractivity contribution in [2.45, 2.75) is 27.7 Å². The standard InChI is InChI=1S/C12H12S.2C2H6/c1-3-5-6-7-11(4-2)12-8-9-13-10-12;2*1-2/h3-10H,1-2H2;2*1-2H3/b6-5-,11-7+;;. The topological polar surface area (TPSA) is 0 Å². The lowest BCUT2D eigenvalue weighted by molar-refractivity contribution is 1.50. The van der Waals surface area contributed by atoms with Crippen LogP contribution in [0.4, 0.5) is 0 Å². The number of hydrogen-bond acceptors (Lipinski definition) is 1. The highest BCUT2D eigenvalue weighted by molar-refractivity contribution is 7.08. The number of thiophene rings is 1. The maximum absolute atomic E-state index is 3.77. The first-order valence-electron chi connectivity index (χ1n) is 6.03. The molecule has 0 bridgehead atoms. The van der Waals surface area contributed by atoms with E-state index >= 15 is 0 Å². The Morgan fingerprint density at radius 1 is 1.12 bits per heavy atom. The second kappa shape index (κ2) is 14.7. The highest BCUT2D eigenvalue weighted by Gasteiger charge is 1.94. The quantitative estimate of drug-likeness (QED) is 0.564. The Labute approximate surface area is 111 Å². The van der Waals surface area contributed by atoms with E-state index < -0.39 is 0 Å². The van der Waals surface area contributed by atoms with Crippen molar-refractivity contribution in [2.75, 3.05) is 0 Å². The molecule has 0 amide bonds. The molecule has 0 saturated heterocycles. The van der Waals surface area contributed by atoms with Crippen molar-refractivity contribution in [3.63, 3.8) is 0 Å². The molecule has 0 unspecified atom stereocenters. The van der Waals surface area contributed by atoms with Crippen LogP contribution in [0, 0.1) is 0 Å². The van der Waals surface area contributed by atoms with Gasteiger partial charge in [0.05, 0.1) is 0 Å². The fourth-order valence-electron chi connectivity index (χ4n) is 0.949. The Morgan fingerprint density at radius 2 is 1.76 bits per heavy atom. The lowest BCUT2D eigenvalue weighted by atomic mass is 10.1. The molecular formula is C16H24S. The van der Waals surface area contributed by atoms with E-state index in [1.807, 2.05) is 52.0 Å². The molecule has 1 rings (SSSR count). The summed E-state index contributed by atoms with van der Waals surface area (Å²) in [6, 6.07) is 2.08. The molecule has 17 heavy (non-hydrogen) atoms. The average molecular weight is 248 g/mol. The fraction of sp³-hybridized carbons (Fsp3) is 0.250. The first-order valence-corrected chi connectivity index (χ1v) is 6.97. The minimum Gasteiger partial charge on any atom is -0.152 e. The highest BCUT2D eigenvalue weighted by atomic mass is 32.1. The van der Waals surface area contributed by atoms with Crippen LogP contribution in [0.15, 0.2) is 60.4 Å². The van der Waals surface area contributed by atoms with Crippen molar-refractivity contribution in [1.82, 2.24) is 0 Å². The van der Waals surface area contributed by atoms with Crippen molar-refractivity contribution in [1.29, 1.82) is 0 Å². The number of hydrogen-bond donors (Lipinski definition) is 0. The largest absolute Gasteiger partial charge is 0.152 e. The van der Waals surface area contributed by atoms with E-state index in [0.717, 1.165) is 5.57 Å². The van der Waals surface area contributed by atoms with Crippen LogP contribution in [0.25, 0.3) is 5.57 Å². The van der Waals surface area contributed by atoms with Gasteiger partial charge in [-0.1, -0.05) is 71.2 Å². The third kappa shape index (κ3) is 8.47. The van der Waals surface area contributed by atoms with E-state index in [0.29, 0.717) is 0 Å². The van der Waals surface area contributed by atoms with Crippen LogP contribution in [0.2, 0.25) is 0 Å². The van der Waals surface area contributed by atoms with E-state index in [9.17, 15) is 0 Å². The van der Waals surface area contributed by atoms with Crippen LogP contribution >= 0.6 is 11.3 Å². The van der Waals surface area contributed by atoms with Crippen molar-refractivity contribution in [3.05, 3.63) is 65.9 Å². The zero-order valence-corrected chi connectivity index (χ0v) is 12.3. The number of allylic oxidation sites excluding steroid dienone is 6. The van der Waals surface area contributed by atoms with Crippen molar-refractivity contribution in [3.8, 4) is 0 Å². The molecular weight excluding hydrogens is 224 g/mol. The molecule has 0 nitrogen and oxygen atoms in total. The van der Waals surface area contributed by atoms with E-state index in [4.69, 9.17) is 0 Å². The third-order valence-electron chi connectivity index (χ3n) is 1.60. The molecule has 0 aromatic carbocycles. The summed E-state index contributed by atoms with van der Waals surface area (Å²) in [5.74, 6) is 0. The summed E-state index contributed by atoms with van der Waals surface area (Å²) in [4.78, 5) is 0. The predicted molar refractivity (Wildman–Crippen MR) is 84.5 cm³/mol. The van der Waals surface area contributed by atoms with Gasteiger partial charge in [-0.15, -0.1) is 0 Å². The maximum atomic E-state index is 3.77. The second-order valence-electron chi connectivity index (χ2n) is 2.46. The second-order valence-corrected chi connectivity index (χ2v) is 3.24. The summed E-state index contributed by atoms with van der Waals surface area (Å²) in [6.45, 7) is 15.4. The maximum Gasteiger partial charge on any atom is -0.00147 e. The first-order chi connectivity index (χ1) is 8.38. The van der Waals surface area contributed by atoms with Crippen LogP contribution in [0.5, 0.6) is 0 Å². The molecule has 94 valence electrons. The molecule has 0 atom stereocenters. The van der Waals surface area contributed by atoms with Crippen LogP contribution in [-0.4, -0.2) is 0 Å².